The largest absolute Gasteiger partial charge is 0.460 e. The molecule has 0 aliphatic carbocycles. The minimum atomic E-state index is -0.461. The number of nitrogens with zero attached hydrogens (tertiary/aromatic N) is 1. The second-order valence-corrected chi connectivity index (χ2v) is 7.22. The quantitative estimate of drug-likeness (QED) is 0.610. The van der Waals surface area contributed by atoms with Crippen LogP contribution in [-0.2, 0) is 10.2 Å². The number of furan rings is 1. The normalized spacial score (nSPS) is 11.7. The smallest absolute Gasteiger partial charge is 0.374 e. The van der Waals surface area contributed by atoms with Crippen molar-refractivity contribution >= 4 is 17.1 Å². The lowest BCUT2D eigenvalue weighted by molar-refractivity contribution is 0.0492. The molecule has 3 rings (SSSR count). The average molecular weight is 337 g/mol. The summed E-state index contributed by atoms with van der Waals surface area (Å²) >= 11 is 0. The molecule has 4 heteroatoms. The Balaban J connectivity index is 2.20. The van der Waals surface area contributed by atoms with Crippen LogP contribution in [0.25, 0.3) is 22.4 Å². The predicted octanol–water partition coefficient (Wildman–Crippen LogP) is 5.28. The molecular formula is C21H23NO3. The van der Waals surface area contributed by atoms with E-state index in [1.807, 2.05) is 6.07 Å². The molecule has 3 aromatic rings. The molecule has 2 aromatic heterocycles. The Labute approximate surface area is 147 Å². The van der Waals surface area contributed by atoms with E-state index in [2.05, 4.69) is 52.0 Å². The second kappa shape index (κ2) is 6.36. The topological polar surface area (TPSA) is 52.3 Å². The summed E-state index contributed by atoms with van der Waals surface area (Å²) in [5.41, 5.74) is 5.30. The van der Waals surface area contributed by atoms with Gasteiger partial charge in [-0.2, -0.15) is 0 Å². The first-order valence-corrected chi connectivity index (χ1v) is 8.49. The zero-order valence-electron chi connectivity index (χ0n) is 15.3. The Morgan fingerprint density at radius 1 is 1.16 bits per heavy atom. The molecule has 0 N–H and O–H groups in total. The monoisotopic (exact) mass is 337 g/mol. The van der Waals surface area contributed by atoms with E-state index in [0.29, 0.717) is 17.7 Å². The van der Waals surface area contributed by atoms with Crippen molar-refractivity contribution < 1.29 is 13.9 Å². The van der Waals surface area contributed by atoms with Gasteiger partial charge in [0.05, 0.1) is 12.3 Å². The number of rotatable bonds is 3. The summed E-state index contributed by atoms with van der Waals surface area (Å²) < 4.78 is 10.9. The molecule has 0 saturated carbocycles. The van der Waals surface area contributed by atoms with E-state index in [9.17, 15) is 4.79 Å². The molecular weight excluding hydrogens is 314 g/mol. The summed E-state index contributed by atoms with van der Waals surface area (Å²) in [5.74, 6) is -0.270. The van der Waals surface area contributed by atoms with Gasteiger partial charge in [0.25, 0.3) is 0 Å². The summed E-state index contributed by atoms with van der Waals surface area (Å²) in [4.78, 5) is 16.7. The summed E-state index contributed by atoms with van der Waals surface area (Å²) in [7, 11) is 0. The van der Waals surface area contributed by atoms with E-state index in [1.54, 1.807) is 13.0 Å². The third-order valence-electron chi connectivity index (χ3n) is 4.11. The third-order valence-corrected chi connectivity index (χ3v) is 4.11. The van der Waals surface area contributed by atoms with Crippen LogP contribution in [0.3, 0.4) is 0 Å². The lowest BCUT2D eigenvalue weighted by atomic mass is 9.86. The minimum absolute atomic E-state index is 0.148. The fourth-order valence-corrected chi connectivity index (χ4v) is 2.75. The Morgan fingerprint density at radius 3 is 2.44 bits per heavy atom. The number of hydrogen-bond acceptors (Lipinski definition) is 4. The molecule has 0 radical (unpaired) electrons. The molecule has 2 heterocycles. The number of carbonyl (C=O) groups is 1. The number of carbonyl (C=O) groups excluding carboxylic acids is 1. The van der Waals surface area contributed by atoms with Crippen LogP contribution in [0.4, 0.5) is 0 Å². The van der Waals surface area contributed by atoms with Crippen molar-refractivity contribution in [1.29, 1.82) is 0 Å². The van der Waals surface area contributed by atoms with Crippen LogP contribution in [0.1, 0.15) is 49.4 Å². The highest BCUT2D eigenvalue weighted by atomic mass is 16.5. The Kier molecular flexibility index (Phi) is 4.38. The number of aryl methyl sites for hydroxylation is 1. The Bertz CT molecular complexity index is 915. The zero-order chi connectivity index (χ0) is 18.2. The molecule has 4 nitrogen and oxygen atoms in total. The SMILES string of the molecule is CCOC(=O)c1cc2nc(-c3ccc(C)cc3)cc(C(C)(C)C)c2o1. The molecule has 0 bridgehead atoms. The number of fused-ring (bicyclic) bond motifs is 1. The molecule has 130 valence electrons. The minimum Gasteiger partial charge on any atom is -0.460 e. The van der Waals surface area contributed by atoms with Crippen molar-refractivity contribution in [3.05, 3.63) is 53.3 Å². The highest BCUT2D eigenvalue weighted by Crippen LogP contribution is 2.34. The van der Waals surface area contributed by atoms with Crippen LogP contribution in [0, 0.1) is 6.92 Å². The summed E-state index contributed by atoms with van der Waals surface area (Å²) in [6.45, 7) is 10.5. The van der Waals surface area contributed by atoms with E-state index in [0.717, 1.165) is 16.8 Å². The van der Waals surface area contributed by atoms with Gasteiger partial charge in [-0.25, -0.2) is 9.78 Å². The molecule has 0 unspecified atom stereocenters. The van der Waals surface area contributed by atoms with Crippen LogP contribution in [0.2, 0.25) is 0 Å². The summed E-state index contributed by atoms with van der Waals surface area (Å²) in [5, 5.41) is 0. The van der Waals surface area contributed by atoms with E-state index >= 15 is 0 Å². The summed E-state index contributed by atoms with van der Waals surface area (Å²) in [6, 6.07) is 12.0. The number of aromatic nitrogens is 1. The van der Waals surface area contributed by atoms with Crippen molar-refractivity contribution in [3.63, 3.8) is 0 Å². The first-order chi connectivity index (χ1) is 11.8. The van der Waals surface area contributed by atoms with E-state index in [1.165, 1.54) is 5.56 Å². The van der Waals surface area contributed by atoms with Crippen LogP contribution in [-0.4, -0.2) is 17.6 Å². The molecule has 1 aromatic carbocycles. The highest BCUT2D eigenvalue weighted by Gasteiger charge is 2.24. The van der Waals surface area contributed by atoms with E-state index < -0.39 is 5.97 Å². The van der Waals surface area contributed by atoms with Crippen molar-refractivity contribution in [3.8, 4) is 11.3 Å². The Morgan fingerprint density at radius 2 is 1.84 bits per heavy atom. The van der Waals surface area contributed by atoms with E-state index in [4.69, 9.17) is 14.1 Å². The predicted molar refractivity (Wildman–Crippen MR) is 98.8 cm³/mol. The van der Waals surface area contributed by atoms with Crippen LogP contribution in [0.15, 0.2) is 40.8 Å². The van der Waals surface area contributed by atoms with Gasteiger partial charge in [0, 0.05) is 17.2 Å². The van der Waals surface area contributed by atoms with Gasteiger partial charge in [-0.15, -0.1) is 0 Å². The van der Waals surface area contributed by atoms with E-state index in [-0.39, 0.29) is 11.2 Å². The first-order valence-electron chi connectivity index (χ1n) is 8.49. The maximum absolute atomic E-state index is 12.0. The Hall–Kier alpha value is -2.62. The fourth-order valence-electron chi connectivity index (χ4n) is 2.75. The lowest BCUT2D eigenvalue weighted by Gasteiger charge is -2.20. The van der Waals surface area contributed by atoms with Crippen LogP contribution in [0.5, 0.6) is 0 Å². The molecule has 0 aliphatic rings. The molecule has 0 aliphatic heterocycles. The lowest BCUT2D eigenvalue weighted by Crippen LogP contribution is -2.12. The van der Waals surface area contributed by atoms with Gasteiger partial charge >= 0.3 is 5.97 Å². The molecule has 0 amide bonds. The molecule has 0 atom stereocenters. The summed E-state index contributed by atoms with van der Waals surface area (Å²) in [6.07, 6.45) is 0. The fraction of sp³-hybridized carbons (Fsp3) is 0.333. The number of esters is 1. The zero-order valence-corrected chi connectivity index (χ0v) is 15.3. The van der Waals surface area contributed by atoms with Crippen LogP contribution >= 0.6 is 0 Å². The number of benzene rings is 1. The average Bonchev–Trinajstić information content (AvgIpc) is 2.98. The molecule has 0 spiro atoms. The van der Waals surface area contributed by atoms with Crippen LogP contribution < -0.4 is 0 Å². The van der Waals surface area contributed by atoms with Gasteiger partial charge in [0.2, 0.25) is 5.76 Å². The maximum Gasteiger partial charge on any atom is 0.374 e. The number of ether oxygens (including phenoxy) is 1. The standard InChI is InChI=1S/C21H23NO3/c1-6-24-20(23)18-12-17-19(25-18)15(21(3,4)5)11-16(22-17)14-9-7-13(2)8-10-14/h7-12H,6H2,1-5H3. The molecule has 25 heavy (non-hydrogen) atoms. The number of hydrogen-bond donors (Lipinski definition) is 0. The third kappa shape index (κ3) is 3.43. The first kappa shape index (κ1) is 17.2. The van der Waals surface area contributed by atoms with Gasteiger partial charge in [-0.3, -0.25) is 0 Å². The van der Waals surface area contributed by atoms with Crippen molar-refractivity contribution in [2.24, 2.45) is 0 Å². The maximum atomic E-state index is 12.0. The van der Waals surface area contributed by atoms with Gasteiger partial charge in [0.15, 0.2) is 5.58 Å². The second-order valence-electron chi connectivity index (χ2n) is 7.22. The van der Waals surface area contributed by atoms with Crippen molar-refractivity contribution in [2.45, 2.75) is 40.0 Å². The van der Waals surface area contributed by atoms with Gasteiger partial charge in [-0.1, -0.05) is 50.6 Å². The van der Waals surface area contributed by atoms with Gasteiger partial charge < -0.3 is 9.15 Å². The highest BCUT2D eigenvalue weighted by molar-refractivity contribution is 5.93. The molecule has 0 fully saturated rings. The van der Waals surface area contributed by atoms with Crippen molar-refractivity contribution in [1.82, 2.24) is 4.98 Å². The molecule has 0 saturated heterocycles. The van der Waals surface area contributed by atoms with Crippen molar-refractivity contribution in [2.75, 3.05) is 6.61 Å². The number of pyridine rings is 1. The van der Waals surface area contributed by atoms with Gasteiger partial charge in [-0.05, 0) is 25.3 Å². The van der Waals surface area contributed by atoms with Gasteiger partial charge in [0.1, 0.15) is 5.52 Å².